The Labute approximate surface area is 81.9 Å². The Balaban J connectivity index is 2.58. The number of nitrogens with one attached hydrogen (secondary N) is 1. The fourth-order valence-electron chi connectivity index (χ4n) is 0.866. The quantitative estimate of drug-likeness (QED) is 0.735. The predicted octanol–water partition coefficient (Wildman–Crippen LogP) is 0.777. The molecule has 1 aromatic rings. The molecule has 1 heterocycles. The second kappa shape index (κ2) is 4.28. The minimum absolute atomic E-state index is 0.0313. The number of rotatable bonds is 3. The first-order valence-electron chi connectivity index (χ1n) is 3.98. The molecule has 0 bridgehead atoms. The number of carbonyl (C=O) groups excluding carboxylic acids is 1. The zero-order valence-electron chi connectivity index (χ0n) is 7.62. The monoisotopic (exact) mass is 201 g/mol. The van der Waals surface area contributed by atoms with Crippen LogP contribution in [0.4, 0.5) is 0 Å². The number of amides is 1. The summed E-state index contributed by atoms with van der Waals surface area (Å²) in [4.78, 5) is 15.3. The second-order valence-electron chi connectivity index (χ2n) is 2.95. The summed E-state index contributed by atoms with van der Waals surface area (Å²) in [5.41, 5.74) is 0.416. The van der Waals surface area contributed by atoms with E-state index in [1.807, 2.05) is 14.0 Å². The molecule has 0 saturated heterocycles. The van der Waals surface area contributed by atoms with E-state index in [-0.39, 0.29) is 11.9 Å². The molecule has 1 atom stereocenters. The highest BCUT2D eigenvalue weighted by Crippen LogP contribution is 1.95. The van der Waals surface area contributed by atoms with E-state index in [4.69, 9.17) is 11.6 Å². The van der Waals surface area contributed by atoms with Gasteiger partial charge in [0.15, 0.2) is 0 Å². The topological polar surface area (TPSA) is 46.9 Å². The molecule has 0 aliphatic carbocycles. The van der Waals surface area contributed by atoms with E-state index < -0.39 is 0 Å². The molecule has 1 unspecified atom stereocenters. The number of hydrogen-bond donors (Lipinski definition) is 1. The average molecular weight is 202 g/mol. The van der Waals surface area contributed by atoms with Crippen LogP contribution in [-0.2, 0) is 7.05 Å². The van der Waals surface area contributed by atoms with E-state index in [2.05, 4.69) is 10.3 Å². The molecular formula is C8H12ClN3O. The van der Waals surface area contributed by atoms with E-state index in [1.165, 1.54) is 0 Å². The lowest BCUT2D eigenvalue weighted by molar-refractivity contribution is 0.0939. The minimum Gasteiger partial charge on any atom is -0.347 e. The molecule has 72 valence electrons. The van der Waals surface area contributed by atoms with Crippen molar-refractivity contribution in [2.75, 3.05) is 5.88 Å². The summed E-state index contributed by atoms with van der Waals surface area (Å²) in [7, 11) is 1.81. The highest BCUT2D eigenvalue weighted by molar-refractivity contribution is 6.18. The number of carbonyl (C=O) groups is 1. The van der Waals surface area contributed by atoms with Crippen molar-refractivity contribution in [3.8, 4) is 0 Å². The summed E-state index contributed by atoms with van der Waals surface area (Å²) in [6.07, 6.45) is 3.25. The zero-order valence-corrected chi connectivity index (χ0v) is 8.38. The minimum atomic E-state index is -0.186. The van der Waals surface area contributed by atoms with Gasteiger partial charge in [-0.05, 0) is 6.92 Å². The SMILES string of the molecule is CC(CCl)NC(=O)c1cn(C)cn1. The number of alkyl halides is 1. The fourth-order valence-corrected chi connectivity index (χ4v) is 0.944. The van der Waals surface area contributed by atoms with Gasteiger partial charge in [0.2, 0.25) is 0 Å². The molecule has 0 aliphatic rings. The first-order valence-corrected chi connectivity index (χ1v) is 4.51. The molecule has 0 spiro atoms. The lowest BCUT2D eigenvalue weighted by Gasteiger charge is -2.07. The Morgan fingerprint density at radius 3 is 3.00 bits per heavy atom. The molecule has 1 N–H and O–H groups in total. The number of hydrogen-bond acceptors (Lipinski definition) is 2. The molecular weight excluding hydrogens is 190 g/mol. The van der Waals surface area contributed by atoms with Gasteiger partial charge in [-0.1, -0.05) is 0 Å². The normalized spacial score (nSPS) is 12.5. The Hall–Kier alpha value is -1.03. The third-order valence-corrected chi connectivity index (χ3v) is 2.01. The predicted molar refractivity (Wildman–Crippen MR) is 50.9 cm³/mol. The van der Waals surface area contributed by atoms with Gasteiger partial charge in [0.1, 0.15) is 5.69 Å². The first-order chi connectivity index (χ1) is 6.13. The van der Waals surface area contributed by atoms with Crippen LogP contribution in [0.1, 0.15) is 17.4 Å². The summed E-state index contributed by atoms with van der Waals surface area (Å²) >= 11 is 5.55. The van der Waals surface area contributed by atoms with Gasteiger partial charge < -0.3 is 9.88 Å². The van der Waals surface area contributed by atoms with Crippen LogP contribution in [0, 0.1) is 0 Å². The average Bonchev–Trinajstić information content (AvgIpc) is 2.51. The Morgan fingerprint density at radius 1 is 1.85 bits per heavy atom. The van der Waals surface area contributed by atoms with E-state index in [0.29, 0.717) is 11.6 Å². The summed E-state index contributed by atoms with van der Waals surface area (Å²) < 4.78 is 1.72. The second-order valence-corrected chi connectivity index (χ2v) is 3.26. The van der Waals surface area contributed by atoms with E-state index >= 15 is 0 Å². The highest BCUT2D eigenvalue weighted by atomic mass is 35.5. The summed E-state index contributed by atoms with van der Waals surface area (Å²) in [5, 5.41) is 2.71. The Morgan fingerprint density at radius 2 is 2.54 bits per heavy atom. The van der Waals surface area contributed by atoms with Gasteiger partial charge in [-0.15, -0.1) is 11.6 Å². The van der Waals surface area contributed by atoms with Gasteiger partial charge in [-0.3, -0.25) is 4.79 Å². The number of imidazole rings is 1. The number of nitrogens with zero attached hydrogens (tertiary/aromatic N) is 2. The van der Waals surface area contributed by atoms with Crippen LogP contribution < -0.4 is 5.32 Å². The van der Waals surface area contributed by atoms with Crippen LogP contribution in [0.5, 0.6) is 0 Å². The number of aromatic nitrogens is 2. The van der Waals surface area contributed by atoms with Gasteiger partial charge in [-0.2, -0.15) is 0 Å². The van der Waals surface area contributed by atoms with Crippen molar-refractivity contribution in [2.24, 2.45) is 7.05 Å². The van der Waals surface area contributed by atoms with Crippen molar-refractivity contribution in [3.63, 3.8) is 0 Å². The van der Waals surface area contributed by atoms with Crippen molar-refractivity contribution in [3.05, 3.63) is 18.2 Å². The zero-order chi connectivity index (χ0) is 9.84. The molecule has 0 aliphatic heterocycles. The van der Waals surface area contributed by atoms with E-state index in [0.717, 1.165) is 0 Å². The van der Waals surface area contributed by atoms with Gasteiger partial charge >= 0.3 is 0 Å². The van der Waals surface area contributed by atoms with E-state index in [9.17, 15) is 4.79 Å². The van der Waals surface area contributed by atoms with Crippen LogP contribution in [0.2, 0.25) is 0 Å². The van der Waals surface area contributed by atoms with Gasteiger partial charge in [0.25, 0.3) is 5.91 Å². The largest absolute Gasteiger partial charge is 0.347 e. The maximum absolute atomic E-state index is 11.4. The third kappa shape index (κ3) is 2.73. The first kappa shape index (κ1) is 10.1. The fraction of sp³-hybridized carbons (Fsp3) is 0.500. The van der Waals surface area contributed by atoms with Crippen LogP contribution >= 0.6 is 11.6 Å². The molecule has 0 radical (unpaired) electrons. The van der Waals surface area contributed by atoms with Crippen LogP contribution in [-0.4, -0.2) is 27.4 Å². The summed E-state index contributed by atoms with van der Waals surface area (Å²) in [5.74, 6) is 0.215. The van der Waals surface area contributed by atoms with Crippen molar-refractivity contribution in [1.82, 2.24) is 14.9 Å². The summed E-state index contributed by atoms with van der Waals surface area (Å²) in [6.45, 7) is 1.84. The molecule has 0 aromatic carbocycles. The lowest BCUT2D eigenvalue weighted by atomic mass is 10.3. The molecule has 0 saturated carbocycles. The van der Waals surface area contributed by atoms with Crippen molar-refractivity contribution < 1.29 is 4.79 Å². The maximum Gasteiger partial charge on any atom is 0.271 e. The lowest BCUT2D eigenvalue weighted by Crippen LogP contribution is -2.33. The molecule has 13 heavy (non-hydrogen) atoms. The van der Waals surface area contributed by atoms with Crippen molar-refractivity contribution in [2.45, 2.75) is 13.0 Å². The summed E-state index contributed by atoms with van der Waals surface area (Å²) in [6, 6.07) is -0.0313. The smallest absolute Gasteiger partial charge is 0.271 e. The molecule has 1 aromatic heterocycles. The van der Waals surface area contributed by atoms with Gasteiger partial charge in [0.05, 0.1) is 6.33 Å². The highest BCUT2D eigenvalue weighted by Gasteiger charge is 2.10. The standard InChI is InChI=1S/C8H12ClN3O/c1-6(3-9)11-8(13)7-4-12(2)5-10-7/h4-6H,3H2,1-2H3,(H,11,13). The molecule has 1 amide bonds. The van der Waals surface area contributed by atoms with Crippen LogP contribution in [0.25, 0.3) is 0 Å². The number of halogens is 1. The molecule has 4 nitrogen and oxygen atoms in total. The Bertz CT molecular complexity index is 297. The molecule has 1 rings (SSSR count). The number of aryl methyl sites for hydroxylation is 1. The van der Waals surface area contributed by atoms with Gasteiger partial charge in [0, 0.05) is 25.2 Å². The van der Waals surface area contributed by atoms with Crippen LogP contribution in [0.15, 0.2) is 12.5 Å². The van der Waals surface area contributed by atoms with Crippen molar-refractivity contribution >= 4 is 17.5 Å². The third-order valence-electron chi connectivity index (χ3n) is 1.55. The van der Waals surface area contributed by atoms with Crippen molar-refractivity contribution in [1.29, 1.82) is 0 Å². The van der Waals surface area contributed by atoms with Crippen LogP contribution in [0.3, 0.4) is 0 Å². The Kier molecular flexibility index (Phi) is 3.31. The molecule has 0 fully saturated rings. The maximum atomic E-state index is 11.4. The van der Waals surface area contributed by atoms with Gasteiger partial charge in [-0.25, -0.2) is 4.98 Å². The van der Waals surface area contributed by atoms with E-state index in [1.54, 1.807) is 17.1 Å². The molecule has 5 heteroatoms.